The number of para-hydroxylation sites is 1. The van der Waals surface area contributed by atoms with Gasteiger partial charge in [0.15, 0.2) is 5.79 Å². The highest BCUT2D eigenvalue weighted by molar-refractivity contribution is 5.77. The number of carbonyl (C=O) groups excluding carboxylic acids is 1. The molecule has 0 atom stereocenters. The molecule has 0 saturated carbocycles. The van der Waals surface area contributed by atoms with Gasteiger partial charge in [-0.15, -0.1) is 0 Å². The molecule has 126 valence electrons. The van der Waals surface area contributed by atoms with Gasteiger partial charge in [0.05, 0.1) is 13.2 Å². The normalized spacial score (nSPS) is 20.0. The number of hydrogen-bond acceptors (Lipinski definition) is 4. The fourth-order valence-electron chi connectivity index (χ4n) is 3.43. The lowest BCUT2D eigenvalue weighted by Gasteiger charge is -2.37. The maximum atomic E-state index is 12.4. The van der Waals surface area contributed by atoms with Crippen molar-refractivity contribution in [3.8, 4) is 0 Å². The van der Waals surface area contributed by atoms with Gasteiger partial charge in [-0.25, -0.2) is 0 Å². The number of ether oxygens (including phenoxy) is 2. The first-order valence-corrected chi connectivity index (χ1v) is 8.45. The maximum absolute atomic E-state index is 12.4. The Morgan fingerprint density at radius 3 is 2.39 bits per heavy atom. The highest BCUT2D eigenvalue weighted by atomic mass is 16.7. The smallest absolute Gasteiger partial charge is 0.224 e. The van der Waals surface area contributed by atoms with Crippen molar-refractivity contribution >= 4 is 11.6 Å². The van der Waals surface area contributed by atoms with Crippen LogP contribution in [0.15, 0.2) is 18.2 Å². The summed E-state index contributed by atoms with van der Waals surface area (Å²) in [5, 5.41) is 3.40. The molecule has 2 aliphatic heterocycles. The Hall–Kier alpha value is -1.59. The maximum Gasteiger partial charge on any atom is 0.224 e. The predicted molar refractivity (Wildman–Crippen MR) is 89.5 cm³/mol. The largest absolute Gasteiger partial charge is 0.384 e. The molecule has 0 bridgehead atoms. The molecule has 0 radical (unpaired) electrons. The molecule has 23 heavy (non-hydrogen) atoms. The van der Waals surface area contributed by atoms with Gasteiger partial charge in [-0.1, -0.05) is 18.2 Å². The molecule has 2 aliphatic rings. The van der Waals surface area contributed by atoms with Crippen molar-refractivity contribution in [2.45, 2.75) is 38.9 Å². The van der Waals surface area contributed by atoms with Crippen molar-refractivity contribution in [3.63, 3.8) is 0 Å². The van der Waals surface area contributed by atoms with E-state index in [2.05, 4.69) is 37.4 Å². The van der Waals surface area contributed by atoms with Gasteiger partial charge < -0.3 is 19.7 Å². The summed E-state index contributed by atoms with van der Waals surface area (Å²) in [6, 6.07) is 6.23. The highest BCUT2D eigenvalue weighted by Gasteiger charge is 2.40. The fraction of sp³-hybridized carbons (Fsp3) is 0.611. The molecule has 3 rings (SSSR count). The van der Waals surface area contributed by atoms with E-state index in [1.807, 2.05) is 4.90 Å². The number of carbonyl (C=O) groups is 1. The fourth-order valence-corrected chi connectivity index (χ4v) is 3.43. The van der Waals surface area contributed by atoms with Gasteiger partial charge in [-0.05, 0) is 25.0 Å². The minimum Gasteiger partial charge on any atom is -0.384 e. The molecule has 0 aliphatic carbocycles. The second-order valence-electron chi connectivity index (χ2n) is 6.43. The summed E-state index contributed by atoms with van der Waals surface area (Å²) in [4.78, 5) is 14.3. The van der Waals surface area contributed by atoms with E-state index in [4.69, 9.17) is 9.47 Å². The van der Waals surface area contributed by atoms with E-state index in [-0.39, 0.29) is 5.91 Å². The molecule has 2 fully saturated rings. The minimum atomic E-state index is -0.409. The molecule has 2 heterocycles. The molecule has 1 amide bonds. The number of piperidine rings is 1. The molecule has 0 unspecified atom stereocenters. The van der Waals surface area contributed by atoms with Crippen LogP contribution in [-0.4, -0.2) is 49.4 Å². The van der Waals surface area contributed by atoms with Gasteiger partial charge in [0.1, 0.15) is 0 Å². The molecule has 5 heteroatoms. The van der Waals surface area contributed by atoms with E-state index in [0.29, 0.717) is 26.2 Å². The summed E-state index contributed by atoms with van der Waals surface area (Å²) in [5.74, 6) is -0.204. The third kappa shape index (κ3) is 3.67. The van der Waals surface area contributed by atoms with Gasteiger partial charge in [0, 0.05) is 44.6 Å². The molecular formula is C18H26N2O3. The van der Waals surface area contributed by atoms with Crippen LogP contribution in [0.3, 0.4) is 0 Å². The van der Waals surface area contributed by atoms with Crippen LogP contribution in [-0.2, 0) is 14.3 Å². The van der Waals surface area contributed by atoms with Gasteiger partial charge in [0.25, 0.3) is 0 Å². The van der Waals surface area contributed by atoms with Crippen LogP contribution in [0.2, 0.25) is 0 Å². The first kappa shape index (κ1) is 16.3. The Labute approximate surface area is 137 Å². The number of nitrogens with zero attached hydrogens (tertiary/aromatic N) is 1. The molecule has 1 aromatic rings. The SMILES string of the molecule is Cc1cccc(C)c1NCCC(=O)N1CCC2(CC1)OCCO2. The van der Waals surface area contributed by atoms with E-state index < -0.39 is 5.79 Å². The van der Waals surface area contributed by atoms with E-state index in [9.17, 15) is 4.79 Å². The summed E-state index contributed by atoms with van der Waals surface area (Å²) >= 11 is 0. The lowest BCUT2D eigenvalue weighted by atomic mass is 10.0. The Morgan fingerprint density at radius 1 is 1.17 bits per heavy atom. The third-order valence-electron chi connectivity index (χ3n) is 4.81. The Balaban J connectivity index is 1.45. The second kappa shape index (κ2) is 6.89. The van der Waals surface area contributed by atoms with E-state index in [1.165, 1.54) is 11.1 Å². The molecule has 2 saturated heterocycles. The van der Waals surface area contributed by atoms with E-state index >= 15 is 0 Å². The zero-order valence-electron chi connectivity index (χ0n) is 14.1. The van der Waals surface area contributed by atoms with Crippen LogP contribution in [0.25, 0.3) is 0 Å². The topological polar surface area (TPSA) is 50.8 Å². The van der Waals surface area contributed by atoms with Crippen molar-refractivity contribution in [2.24, 2.45) is 0 Å². The first-order valence-electron chi connectivity index (χ1n) is 8.45. The number of likely N-dealkylation sites (tertiary alicyclic amines) is 1. The monoisotopic (exact) mass is 318 g/mol. The molecule has 0 aromatic heterocycles. The standard InChI is InChI=1S/C18H26N2O3/c1-14-4-3-5-15(2)17(14)19-9-6-16(21)20-10-7-18(8-11-20)22-12-13-23-18/h3-5,19H,6-13H2,1-2H3. The number of rotatable bonds is 4. The quantitative estimate of drug-likeness (QED) is 0.926. The predicted octanol–water partition coefficient (Wildman–Crippen LogP) is 2.47. The summed E-state index contributed by atoms with van der Waals surface area (Å²) in [7, 11) is 0. The molecule has 1 aromatic carbocycles. The average Bonchev–Trinajstić information content (AvgIpc) is 2.99. The van der Waals surface area contributed by atoms with Crippen molar-refractivity contribution < 1.29 is 14.3 Å². The van der Waals surface area contributed by atoms with Crippen LogP contribution in [0.4, 0.5) is 5.69 Å². The number of aryl methyl sites for hydroxylation is 2. The molecule has 1 N–H and O–H groups in total. The Bertz CT molecular complexity index is 537. The lowest BCUT2D eigenvalue weighted by Crippen LogP contribution is -2.47. The van der Waals surface area contributed by atoms with Gasteiger partial charge in [-0.3, -0.25) is 4.79 Å². The first-order chi connectivity index (χ1) is 11.1. The van der Waals surface area contributed by atoms with Crippen LogP contribution in [0.5, 0.6) is 0 Å². The van der Waals surface area contributed by atoms with Gasteiger partial charge in [0.2, 0.25) is 5.91 Å². The summed E-state index contributed by atoms with van der Waals surface area (Å²) in [6.07, 6.45) is 2.08. The zero-order chi connectivity index (χ0) is 16.3. The number of amides is 1. The van der Waals surface area contributed by atoms with Crippen molar-refractivity contribution in [1.29, 1.82) is 0 Å². The van der Waals surface area contributed by atoms with E-state index in [1.54, 1.807) is 0 Å². The number of nitrogens with one attached hydrogen (secondary N) is 1. The van der Waals surface area contributed by atoms with Crippen molar-refractivity contribution in [2.75, 3.05) is 38.2 Å². The minimum absolute atomic E-state index is 0.205. The average molecular weight is 318 g/mol. The molecule has 1 spiro atoms. The van der Waals surface area contributed by atoms with Gasteiger partial charge >= 0.3 is 0 Å². The molecular weight excluding hydrogens is 292 g/mol. The van der Waals surface area contributed by atoms with Crippen LogP contribution in [0, 0.1) is 13.8 Å². The van der Waals surface area contributed by atoms with E-state index in [0.717, 1.165) is 31.6 Å². The Kier molecular flexibility index (Phi) is 4.87. The Morgan fingerprint density at radius 2 is 1.78 bits per heavy atom. The summed E-state index contributed by atoms with van der Waals surface area (Å²) < 4.78 is 11.4. The van der Waals surface area contributed by atoms with Crippen LogP contribution < -0.4 is 5.32 Å². The third-order valence-corrected chi connectivity index (χ3v) is 4.81. The van der Waals surface area contributed by atoms with Crippen molar-refractivity contribution in [3.05, 3.63) is 29.3 Å². The van der Waals surface area contributed by atoms with Crippen LogP contribution in [0.1, 0.15) is 30.4 Å². The van der Waals surface area contributed by atoms with Crippen molar-refractivity contribution in [1.82, 2.24) is 4.90 Å². The molecule has 5 nitrogen and oxygen atoms in total. The number of benzene rings is 1. The summed E-state index contributed by atoms with van der Waals surface area (Å²) in [6.45, 7) is 7.64. The summed E-state index contributed by atoms with van der Waals surface area (Å²) in [5.41, 5.74) is 3.58. The lowest BCUT2D eigenvalue weighted by molar-refractivity contribution is -0.187. The van der Waals surface area contributed by atoms with Crippen LogP contribution >= 0.6 is 0 Å². The second-order valence-corrected chi connectivity index (χ2v) is 6.43. The van der Waals surface area contributed by atoms with Gasteiger partial charge in [-0.2, -0.15) is 0 Å². The highest BCUT2D eigenvalue weighted by Crippen LogP contribution is 2.31. The zero-order valence-corrected chi connectivity index (χ0v) is 14.1. The number of anilines is 1. The number of hydrogen-bond donors (Lipinski definition) is 1.